The first-order valence-electron chi connectivity index (χ1n) is 10.3. The van der Waals surface area contributed by atoms with E-state index in [0.717, 1.165) is 49.2 Å². The summed E-state index contributed by atoms with van der Waals surface area (Å²) in [6.07, 6.45) is 0.298. The van der Waals surface area contributed by atoms with E-state index in [4.69, 9.17) is 4.74 Å². The maximum Gasteiger partial charge on any atom is 0.416 e. The molecule has 0 bridgehead atoms. The SMILES string of the molecule is C[N+](C)(Cc1ccc(NC(=O)/C=C/c2cccc(C(F)(F)F)c2)cc1)C1CCOCC1. The van der Waals surface area contributed by atoms with E-state index >= 15 is 0 Å². The van der Waals surface area contributed by atoms with Crippen LogP contribution in [0.3, 0.4) is 0 Å². The molecule has 31 heavy (non-hydrogen) atoms. The number of hydrogen-bond donors (Lipinski definition) is 1. The van der Waals surface area contributed by atoms with Crippen LogP contribution in [0.1, 0.15) is 29.5 Å². The third kappa shape index (κ3) is 6.67. The highest BCUT2D eigenvalue weighted by molar-refractivity contribution is 6.01. The molecule has 0 unspecified atom stereocenters. The average molecular weight is 433 g/mol. The zero-order valence-electron chi connectivity index (χ0n) is 17.8. The van der Waals surface area contributed by atoms with Crippen LogP contribution < -0.4 is 5.32 Å². The highest BCUT2D eigenvalue weighted by atomic mass is 19.4. The molecule has 0 spiro atoms. The van der Waals surface area contributed by atoms with E-state index in [1.807, 2.05) is 24.3 Å². The van der Waals surface area contributed by atoms with Gasteiger partial charge >= 0.3 is 6.18 Å². The Morgan fingerprint density at radius 3 is 2.45 bits per heavy atom. The number of benzene rings is 2. The van der Waals surface area contributed by atoms with Gasteiger partial charge in [-0.25, -0.2) is 0 Å². The number of quaternary nitrogens is 1. The predicted molar refractivity (Wildman–Crippen MR) is 115 cm³/mol. The first-order valence-corrected chi connectivity index (χ1v) is 10.3. The lowest BCUT2D eigenvalue weighted by Crippen LogP contribution is -2.50. The number of amides is 1. The fourth-order valence-electron chi connectivity index (χ4n) is 3.85. The van der Waals surface area contributed by atoms with Crippen molar-refractivity contribution in [2.45, 2.75) is 31.6 Å². The molecule has 0 saturated carbocycles. The quantitative estimate of drug-likeness (QED) is 0.508. The Balaban J connectivity index is 1.57. The van der Waals surface area contributed by atoms with Crippen molar-refractivity contribution in [2.24, 2.45) is 0 Å². The molecule has 1 amide bonds. The Morgan fingerprint density at radius 1 is 1.13 bits per heavy atom. The van der Waals surface area contributed by atoms with Gasteiger partial charge in [-0.05, 0) is 35.9 Å². The van der Waals surface area contributed by atoms with Crippen LogP contribution >= 0.6 is 0 Å². The minimum absolute atomic E-state index is 0.313. The lowest BCUT2D eigenvalue weighted by Gasteiger charge is -2.40. The van der Waals surface area contributed by atoms with Gasteiger partial charge in [-0.15, -0.1) is 0 Å². The summed E-state index contributed by atoms with van der Waals surface area (Å²) >= 11 is 0. The Kier molecular flexibility index (Phi) is 7.18. The Morgan fingerprint density at radius 2 is 1.81 bits per heavy atom. The topological polar surface area (TPSA) is 38.3 Å². The smallest absolute Gasteiger partial charge is 0.381 e. The molecule has 7 heteroatoms. The van der Waals surface area contributed by atoms with Gasteiger partial charge in [0.05, 0.1) is 38.9 Å². The standard InChI is InChI=1S/C24H27F3N2O2/c1-29(2,22-12-14-31-15-13-22)17-19-6-9-21(10-7-19)28-23(30)11-8-18-4-3-5-20(16-18)24(25,26)27/h3-11,16,22H,12-15,17H2,1-2H3/p+1/b11-8+. The van der Waals surface area contributed by atoms with E-state index in [-0.39, 0.29) is 0 Å². The molecular formula is C24H28F3N2O2+. The van der Waals surface area contributed by atoms with Crippen molar-refractivity contribution in [1.29, 1.82) is 0 Å². The second-order valence-corrected chi connectivity index (χ2v) is 8.42. The summed E-state index contributed by atoms with van der Waals surface area (Å²) in [5.41, 5.74) is 1.38. The third-order valence-corrected chi connectivity index (χ3v) is 5.63. The molecular weight excluding hydrogens is 405 g/mol. The molecule has 3 rings (SSSR count). The molecule has 4 nitrogen and oxygen atoms in total. The van der Waals surface area contributed by atoms with E-state index < -0.39 is 17.6 Å². The van der Waals surface area contributed by atoms with Gasteiger partial charge in [-0.2, -0.15) is 13.2 Å². The Hall–Kier alpha value is -2.64. The molecule has 1 heterocycles. The molecule has 0 radical (unpaired) electrons. The number of hydrogen-bond acceptors (Lipinski definition) is 2. The van der Waals surface area contributed by atoms with Crippen molar-refractivity contribution in [3.63, 3.8) is 0 Å². The number of nitrogens with zero attached hydrogens (tertiary/aromatic N) is 1. The van der Waals surface area contributed by atoms with Crippen molar-refractivity contribution >= 4 is 17.7 Å². The van der Waals surface area contributed by atoms with Crippen LogP contribution in [0.2, 0.25) is 0 Å². The number of ether oxygens (including phenoxy) is 1. The van der Waals surface area contributed by atoms with Crippen LogP contribution in [0.4, 0.5) is 18.9 Å². The van der Waals surface area contributed by atoms with Crippen LogP contribution in [0.5, 0.6) is 0 Å². The van der Waals surface area contributed by atoms with Crippen LogP contribution in [0.15, 0.2) is 54.6 Å². The van der Waals surface area contributed by atoms with Crippen LogP contribution in [0.25, 0.3) is 6.08 Å². The number of halogens is 3. The van der Waals surface area contributed by atoms with E-state index in [1.54, 1.807) is 0 Å². The predicted octanol–water partition coefficient (Wildman–Crippen LogP) is 5.11. The maximum atomic E-state index is 12.8. The van der Waals surface area contributed by atoms with Gasteiger partial charge in [-0.1, -0.05) is 24.3 Å². The molecule has 2 aromatic rings. The number of rotatable bonds is 6. The van der Waals surface area contributed by atoms with E-state index in [9.17, 15) is 18.0 Å². The molecule has 1 fully saturated rings. The monoisotopic (exact) mass is 433 g/mol. The average Bonchev–Trinajstić information content (AvgIpc) is 2.74. The minimum Gasteiger partial charge on any atom is -0.381 e. The summed E-state index contributed by atoms with van der Waals surface area (Å²) in [5.74, 6) is -0.400. The molecule has 1 saturated heterocycles. The number of alkyl halides is 3. The number of carbonyl (C=O) groups excluding carboxylic acids is 1. The minimum atomic E-state index is -4.41. The number of anilines is 1. The Labute approximate surface area is 180 Å². The zero-order chi connectivity index (χ0) is 22.5. The fourth-order valence-corrected chi connectivity index (χ4v) is 3.85. The second kappa shape index (κ2) is 9.66. The normalized spacial score (nSPS) is 15.9. The maximum absolute atomic E-state index is 12.8. The number of carbonyl (C=O) groups is 1. The van der Waals surface area contributed by atoms with Gasteiger partial charge in [0.2, 0.25) is 5.91 Å². The summed E-state index contributed by atoms with van der Waals surface area (Å²) in [6.45, 7) is 2.50. The van der Waals surface area contributed by atoms with Crippen molar-refractivity contribution < 1.29 is 27.2 Å². The van der Waals surface area contributed by atoms with E-state index in [0.29, 0.717) is 17.3 Å². The lowest BCUT2D eigenvalue weighted by atomic mass is 10.0. The molecule has 2 aromatic carbocycles. The van der Waals surface area contributed by atoms with E-state index in [2.05, 4.69) is 19.4 Å². The van der Waals surface area contributed by atoms with Gasteiger partial charge in [0.1, 0.15) is 6.54 Å². The molecule has 0 atom stereocenters. The van der Waals surface area contributed by atoms with Gasteiger partial charge in [0.25, 0.3) is 0 Å². The van der Waals surface area contributed by atoms with Crippen LogP contribution in [-0.2, 0) is 22.3 Å². The summed E-state index contributed by atoms with van der Waals surface area (Å²) < 4.78 is 44.7. The van der Waals surface area contributed by atoms with Gasteiger partial charge in [0, 0.05) is 30.2 Å². The van der Waals surface area contributed by atoms with Crippen LogP contribution in [0, 0.1) is 0 Å². The molecule has 1 aliphatic rings. The highest BCUT2D eigenvalue weighted by Crippen LogP contribution is 2.29. The summed E-state index contributed by atoms with van der Waals surface area (Å²) in [6, 6.07) is 13.1. The van der Waals surface area contributed by atoms with Crippen molar-refractivity contribution in [3.8, 4) is 0 Å². The Bertz CT molecular complexity index is 915. The van der Waals surface area contributed by atoms with Crippen molar-refractivity contribution in [3.05, 3.63) is 71.3 Å². The van der Waals surface area contributed by atoms with Gasteiger partial charge in [-0.3, -0.25) is 4.79 Å². The molecule has 0 aliphatic carbocycles. The van der Waals surface area contributed by atoms with Crippen molar-refractivity contribution in [2.75, 3.05) is 32.6 Å². The zero-order valence-corrected chi connectivity index (χ0v) is 17.8. The van der Waals surface area contributed by atoms with Gasteiger partial charge in [0.15, 0.2) is 0 Å². The molecule has 0 aromatic heterocycles. The molecule has 1 aliphatic heterocycles. The molecule has 166 valence electrons. The van der Waals surface area contributed by atoms with Crippen LogP contribution in [-0.4, -0.2) is 43.7 Å². The fraction of sp³-hybridized carbons (Fsp3) is 0.375. The second-order valence-electron chi connectivity index (χ2n) is 8.42. The van der Waals surface area contributed by atoms with E-state index in [1.165, 1.54) is 29.8 Å². The summed E-state index contributed by atoms with van der Waals surface area (Å²) in [4.78, 5) is 12.2. The highest BCUT2D eigenvalue weighted by Gasteiger charge is 2.31. The first-order chi connectivity index (χ1) is 14.6. The van der Waals surface area contributed by atoms with Crippen molar-refractivity contribution in [1.82, 2.24) is 0 Å². The largest absolute Gasteiger partial charge is 0.416 e. The summed E-state index contributed by atoms with van der Waals surface area (Å²) in [5, 5.41) is 2.74. The van der Waals surface area contributed by atoms with Gasteiger partial charge < -0.3 is 14.5 Å². The first kappa shape index (κ1) is 23.0. The summed E-state index contributed by atoms with van der Waals surface area (Å²) in [7, 11) is 4.45. The lowest BCUT2D eigenvalue weighted by molar-refractivity contribution is -0.929. The third-order valence-electron chi connectivity index (χ3n) is 5.63. The molecule has 1 N–H and O–H groups in total. The number of nitrogens with one attached hydrogen (secondary N) is 1.